The molecule has 1 saturated heterocycles. The molecule has 2 atom stereocenters. The zero-order chi connectivity index (χ0) is 12.2. The van der Waals surface area contributed by atoms with E-state index in [-0.39, 0.29) is 18.1 Å². The van der Waals surface area contributed by atoms with E-state index < -0.39 is 21.4 Å². The molecule has 0 aromatic rings. The first-order valence-corrected chi connectivity index (χ1v) is 7.86. The van der Waals surface area contributed by atoms with Crippen molar-refractivity contribution in [2.24, 2.45) is 11.1 Å². The molecule has 1 fully saturated rings. The van der Waals surface area contributed by atoms with Crippen LogP contribution in [0.2, 0.25) is 0 Å². The average molecular weight is 249 g/mol. The van der Waals surface area contributed by atoms with E-state index in [1.54, 1.807) is 0 Å². The average Bonchev–Trinajstić information content (AvgIpc) is 2.56. The van der Waals surface area contributed by atoms with Gasteiger partial charge in [-0.2, -0.15) is 0 Å². The quantitative estimate of drug-likeness (QED) is 0.679. The minimum Gasteiger partial charge on any atom is -0.392 e. The van der Waals surface area contributed by atoms with Gasteiger partial charge in [0.25, 0.3) is 0 Å². The van der Waals surface area contributed by atoms with Crippen molar-refractivity contribution in [3.05, 3.63) is 0 Å². The second-order valence-electron chi connectivity index (χ2n) is 4.92. The predicted molar refractivity (Wildman–Crippen MR) is 64.9 cm³/mol. The first-order chi connectivity index (χ1) is 7.46. The van der Waals surface area contributed by atoms with Gasteiger partial charge in [-0.3, -0.25) is 0 Å². The van der Waals surface area contributed by atoms with Crippen molar-refractivity contribution in [2.75, 3.05) is 18.1 Å². The summed E-state index contributed by atoms with van der Waals surface area (Å²) in [6.45, 7) is 2.37. The van der Waals surface area contributed by atoms with Crippen LogP contribution in [0.25, 0.3) is 0 Å². The Balaban J connectivity index is 2.60. The standard InChI is InChI=1S/C11H23NO3S/c1-2-3-4-5-10(13)11(8-12)6-7-16(14,15)9-11/h10,13H,2-9,12H2,1H3. The van der Waals surface area contributed by atoms with Crippen LogP contribution in [-0.4, -0.2) is 37.7 Å². The van der Waals surface area contributed by atoms with Crippen LogP contribution in [0.1, 0.15) is 39.0 Å². The van der Waals surface area contributed by atoms with Crippen LogP contribution >= 0.6 is 0 Å². The van der Waals surface area contributed by atoms with E-state index in [4.69, 9.17) is 5.73 Å². The number of unbranched alkanes of at least 4 members (excludes halogenated alkanes) is 2. The van der Waals surface area contributed by atoms with E-state index in [1.165, 1.54) is 0 Å². The Hall–Kier alpha value is -0.130. The third-order valence-electron chi connectivity index (χ3n) is 3.61. The van der Waals surface area contributed by atoms with Crippen LogP contribution in [-0.2, 0) is 9.84 Å². The number of aliphatic hydroxyl groups is 1. The van der Waals surface area contributed by atoms with Crippen LogP contribution in [0.15, 0.2) is 0 Å². The lowest BCUT2D eigenvalue weighted by atomic mass is 9.79. The molecule has 1 aliphatic rings. The number of nitrogens with two attached hydrogens (primary N) is 1. The van der Waals surface area contributed by atoms with Crippen molar-refractivity contribution in [3.8, 4) is 0 Å². The van der Waals surface area contributed by atoms with Gasteiger partial charge < -0.3 is 10.8 Å². The third kappa shape index (κ3) is 3.18. The summed E-state index contributed by atoms with van der Waals surface area (Å²) in [5, 5.41) is 10.1. The van der Waals surface area contributed by atoms with E-state index in [0.717, 1.165) is 19.3 Å². The van der Waals surface area contributed by atoms with Gasteiger partial charge in [0.2, 0.25) is 0 Å². The monoisotopic (exact) mass is 249 g/mol. The summed E-state index contributed by atoms with van der Waals surface area (Å²) >= 11 is 0. The van der Waals surface area contributed by atoms with Crippen molar-refractivity contribution in [3.63, 3.8) is 0 Å². The smallest absolute Gasteiger partial charge is 0.151 e. The lowest BCUT2D eigenvalue weighted by molar-refractivity contribution is 0.0391. The maximum atomic E-state index is 11.5. The van der Waals surface area contributed by atoms with E-state index in [2.05, 4.69) is 6.92 Å². The Morgan fingerprint density at radius 2 is 2.12 bits per heavy atom. The highest BCUT2D eigenvalue weighted by Gasteiger charge is 2.45. The van der Waals surface area contributed by atoms with Crippen LogP contribution < -0.4 is 5.73 Å². The number of aliphatic hydroxyl groups excluding tert-OH is 1. The zero-order valence-electron chi connectivity index (χ0n) is 9.98. The normalized spacial score (nSPS) is 30.4. The summed E-state index contributed by atoms with van der Waals surface area (Å²) in [6.07, 6.45) is 3.73. The van der Waals surface area contributed by atoms with Crippen LogP contribution in [0, 0.1) is 5.41 Å². The molecule has 1 rings (SSSR count). The maximum absolute atomic E-state index is 11.5. The van der Waals surface area contributed by atoms with Gasteiger partial charge in [-0.1, -0.05) is 26.2 Å². The molecule has 2 unspecified atom stereocenters. The van der Waals surface area contributed by atoms with Gasteiger partial charge in [0.15, 0.2) is 9.84 Å². The molecule has 96 valence electrons. The first kappa shape index (κ1) is 13.9. The molecule has 0 radical (unpaired) electrons. The second kappa shape index (κ2) is 5.47. The van der Waals surface area contributed by atoms with Crippen molar-refractivity contribution < 1.29 is 13.5 Å². The van der Waals surface area contributed by atoms with E-state index in [1.807, 2.05) is 0 Å². The van der Waals surface area contributed by atoms with Gasteiger partial charge in [0.1, 0.15) is 0 Å². The van der Waals surface area contributed by atoms with Crippen molar-refractivity contribution in [1.82, 2.24) is 0 Å². The Morgan fingerprint density at radius 1 is 1.44 bits per heavy atom. The van der Waals surface area contributed by atoms with Gasteiger partial charge in [-0.25, -0.2) is 8.42 Å². The molecule has 5 heteroatoms. The van der Waals surface area contributed by atoms with E-state index in [0.29, 0.717) is 12.8 Å². The highest BCUT2D eigenvalue weighted by Crippen LogP contribution is 2.36. The molecule has 0 aromatic carbocycles. The molecule has 0 amide bonds. The second-order valence-corrected chi connectivity index (χ2v) is 7.10. The van der Waals surface area contributed by atoms with Gasteiger partial charge in [-0.15, -0.1) is 0 Å². The molecule has 0 spiro atoms. The molecular formula is C11H23NO3S. The van der Waals surface area contributed by atoms with Gasteiger partial charge in [-0.05, 0) is 12.8 Å². The van der Waals surface area contributed by atoms with E-state index in [9.17, 15) is 13.5 Å². The molecule has 0 bridgehead atoms. The Labute approximate surface area is 98.1 Å². The number of sulfone groups is 1. The fourth-order valence-electron chi connectivity index (χ4n) is 2.39. The lowest BCUT2D eigenvalue weighted by Gasteiger charge is -2.31. The molecule has 4 nitrogen and oxygen atoms in total. The minimum atomic E-state index is -2.98. The summed E-state index contributed by atoms with van der Waals surface area (Å²) in [6, 6.07) is 0. The van der Waals surface area contributed by atoms with Gasteiger partial charge in [0, 0.05) is 12.0 Å². The molecule has 0 aliphatic carbocycles. The highest BCUT2D eigenvalue weighted by molar-refractivity contribution is 7.91. The number of rotatable bonds is 6. The molecular weight excluding hydrogens is 226 g/mol. The molecule has 1 aliphatic heterocycles. The lowest BCUT2D eigenvalue weighted by Crippen LogP contribution is -2.42. The maximum Gasteiger partial charge on any atom is 0.151 e. The molecule has 16 heavy (non-hydrogen) atoms. The molecule has 3 N–H and O–H groups in total. The molecule has 0 aromatic heterocycles. The SMILES string of the molecule is CCCCCC(O)C1(CN)CCS(=O)(=O)C1. The molecule has 0 saturated carbocycles. The van der Waals surface area contributed by atoms with Crippen LogP contribution in [0.3, 0.4) is 0 Å². The summed E-state index contributed by atoms with van der Waals surface area (Å²) < 4.78 is 22.9. The molecule has 1 heterocycles. The van der Waals surface area contributed by atoms with Crippen molar-refractivity contribution in [1.29, 1.82) is 0 Å². The van der Waals surface area contributed by atoms with E-state index >= 15 is 0 Å². The Bertz CT molecular complexity index is 315. The van der Waals surface area contributed by atoms with Crippen molar-refractivity contribution in [2.45, 2.75) is 45.1 Å². The summed E-state index contributed by atoms with van der Waals surface area (Å²) in [4.78, 5) is 0. The minimum absolute atomic E-state index is 0.0593. The van der Waals surface area contributed by atoms with Gasteiger partial charge >= 0.3 is 0 Å². The van der Waals surface area contributed by atoms with Crippen molar-refractivity contribution >= 4 is 9.84 Å². The topological polar surface area (TPSA) is 80.4 Å². The van der Waals surface area contributed by atoms with Gasteiger partial charge in [0.05, 0.1) is 17.6 Å². The zero-order valence-corrected chi connectivity index (χ0v) is 10.8. The largest absolute Gasteiger partial charge is 0.392 e. The third-order valence-corrected chi connectivity index (χ3v) is 5.45. The van der Waals surface area contributed by atoms with Crippen LogP contribution in [0.4, 0.5) is 0 Å². The Kier molecular flexibility index (Phi) is 4.76. The summed E-state index contributed by atoms with van der Waals surface area (Å²) in [5.41, 5.74) is 5.09. The highest BCUT2D eigenvalue weighted by atomic mass is 32.2. The number of hydrogen-bond acceptors (Lipinski definition) is 4. The number of hydrogen-bond donors (Lipinski definition) is 2. The van der Waals surface area contributed by atoms with Crippen LogP contribution in [0.5, 0.6) is 0 Å². The fourth-order valence-corrected chi connectivity index (χ4v) is 4.59. The summed E-state index contributed by atoms with van der Waals surface area (Å²) in [5.74, 6) is 0.235. The Morgan fingerprint density at radius 3 is 2.56 bits per heavy atom. The predicted octanol–water partition coefficient (Wildman–Crippen LogP) is 0.691. The first-order valence-electron chi connectivity index (χ1n) is 6.04. The fraction of sp³-hybridized carbons (Fsp3) is 1.00. The summed E-state index contributed by atoms with van der Waals surface area (Å²) in [7, 11) is -2.98.